The first kappa shape index (κ1) is 17.3. The first-order valence-corrected chi connectivity index (χ1v) is 10.3. The van der Waals surface area contributed by atoms with Crippen LogP contribution in [0.2, 0.25) is 0 Å². The summed E-state index contributed by atoms with van der Waals surface area (Å²) < 4.78 is 5.32. The zero-order valence-corrected chi connectivity index (χ0v) is 15.7. The Balaban J connectivity index is 1.54. The number of rotatable bonds is 3. The van der Waals surface area contributed by atoms with E-state index in [9.17, 15) is 10.2 Å². The molecule has 0 radical (unpaired) electrons. The van der Waals surface area contributed by atoms with Gasteiger partial charge in [-0.25, -0.2) is 0 Å². The second kappa shape index (κ2) is 5.96. The Morgan fingerprint density at radius 1 is 1.04 bits per heavy atom. The average molecular weight is 337 g/mol. The van der Waals surface area contributed by atoms with Crippen molar-refractivity contribution in [2.24, 2.45) is 40.9 Å². The van der Waals surface area contributed by atoms with Crippen molar-refractivity contribution in [3.8, 4) is 0 Å². The Hall–Kier alpha value is -0.120. The Labute approximate surface area is 147 Å². The highest BCUT2D eigenvalue weighted by molar-refractivity contribution is 5.09. The minimum atomic E-state index is -0.572. The highest BCUT2D eigenvalue weighted by atomic mass is 16.5. The molecule has 9 atom stereocenters. The fourth-order valence-corrected chi connectivity index (χ4v) is 8.03. The summed E-state index contributed by atoms with van der Waals surface area (Å²) in [5.41, 5.74) is -0.221. The van der Waals surface area contributed by atoms with Crippen molar-refractivity contribution in [3.63, 3.8) is 0 Å². The van der Waals surface area contributed by atoms with E-state index in [0.29, 0.717) is 29.8 Å². The first-order chi connectivity index (χ1) is 11.4. The van der Waals surface area contributed by atoms with Crippen LogP contribution in [0, 0.1) is 40.9 Å². The van der Waals surface area contributed by atoms with E-state index in [-0.39, 0.29) is 6.10 Å². The molecule has 4 rings (SSSR count). The van der Waals surface area contributed by atoms with Crippen molar-refractivity contribution in [2.75, 3.05) is 13.7 Å². The van der Waals surface area contributed by atoms with Gasteiger partial charge in [-0.15, -0.1) is 0 Å². The van der Waals surface area contributed by atoms with Gasteiger partial charge in [0.25, 0.3) is 0 Å². The molecule has 0 saturated heterocycles. The van der Waals surface area contributed by atoms with Crippen LogP contribution in [0.3, 0.4) is 0 Å². The molecule has 24 heavy (non-hydrogen) atoms. The van der Waals surface area contributed by atoms with Crippen molar-refractivity contribution < 1.29 is 14.9 Å². The van der Waals surface area contributed by atoms with Crippen LogP contribution in [-0.4, -0.2) is 35.6 Å². The summed E-state index contributed by atoms with van der Waals surface area (Å²) in [5.74, 6) is 4.35. The van der Waals surface area contributed by atoms with E-state index in [4.69, 9.17) is 4.74 Å². The summed E-state index contributed by atoms with van der Waals surface area (Å²) in [6.45, 7) is 4.98. The van der Waals surface area contributed by atoms with Gasteiger partial charge in [-0.1, -0.05) is 6.92 Å². The number of aliphatic hydroxyl groups excluding tert-OH is 1. The summed E-state index contributed by atoms with van der Waals surface area (Å²) >= 11 is 0. The summed E-state index contributed by atoms with van der Waals surface area (Å²) in [6.07, 6.45) is 9.50. The molecule has 0 aromatic carbocycles. The SMILES string of the molecule is COC[C@]1(O)C[C@H]2CC[C@@H]3[C@H](CC[C@]4(C)[C@@H]([C@H](C)O)CC[C@@H]34)[C@H]2C1. The summed E-state index contributed by atoms with van der Waals surface area (Å²) in [6, 6.07) is 0. The molecule has 3 heteroatoms. The third kappa shape index (κ3) is 2.49. The average Bonchev–Trinajstić information content (AvgIpc) is 3.03. The third-order valence-corrected chi connectivity index (χ3v) is 8.85. The largest absolute Gasteiger partial charge is 0.393 e. The molecule has 4 aliphatic rings. The number of hydrogen-bond acceptors (Lipinski definition) is 3. The number of aliphatic hydroxyl groups is 2. The lowest BCUT2D eigenvalue weighted by Crippen LogP contribution is -2.47. The van der Waals surface area contributed by atoms with Crippen molar-refractivity contribution in [1.82, 2.24) is 0 Å². The van der Waals surface area contributed by atoms with E-state index in [1.54, 1.807) is 7.11 Å². The van der Waals surface area contributed by atoms with Crippen molar-refractivity contribution in [3.05, 3.63) is 0 Å². The molecule has 0 aromatic rings. The van der Waals surface area contributed by atoms with Crippen molar-refractivity contribution in [1.29, 1.82) is 0 Å². The molecular weight excluding hydrogens is 300 g/mol. The highest BCUT2D eigenvalue weighted by Crippen LogP contribution is 2.65. The Morgan fingerprint density at radius 3 is 2.54 bits per heavy atom. The van der Waals surface area contributed by atoms with Crippen molar-refractivity contribution >= 4 is 0 Å². The topological polar surface area (TPSA) is 49.7 Å². The lowest BCUT2D eigenvalue weighted by molar-refractivity contribution is -0.0675. The van der Waals surface area contributed by atoms with Gasteiger partial charge in [-0.3, -0.25) is 0 Å². The maximum absolute atomic E-state index is 10.9. The van der Waals surface area contributed by atoms with Gasteiger partial charge < -0.3 is 14.9 Å². The van der Waals surface area contributed by atoms with E-state index in [1.807, 2.05) is 6.92 Å². The third-order valence-electron chi connectivity index (χ3n) is 8.85. The maximum Gasteiger partial charge on any atom is 0.0885 e. The zero-order valence-electron chi connectivity index (χ0n) is 15.7. The highest BCUT2D eigenvalue weighted by Gasteiger charge is 2.59. The van der Waals surface area contributed by atoms with Gasteiger partial charge in [-0.05, 0) is 99.2 Å². The smallest absolute Gasteiger partial charge is 0.0885 e. The predicted molar refractivity (Wildman–Crippen MR) is 94.5 cm³/mol. The van der Waals surface area contributed by atoms with Crippen LogP contribution in [0.1, 0.15) is 65.2 Å². The standard InChI is InChI=1S/C21H36O3/c1-13(22)18-6-7-19-16-5-4-14-10-21(23,12-24-3)11-17(14)15(16)8-9-20(18,19)2/h13-19,22-23H,4-12H2,1-3H3/t13-,14+,15-,16+,17-,18+,19-,20+,21-/m0/s1. The molecule has 4 saturated carbocycles. The summed E-state index contributed by atoms with van der Waals surface area (Å²) in [5, 5.41) is 21.2. The monoisotopic (exact) mass is 336 g/mol. The van der Waals surface area contributed by atoms with Gasteiger partial charge in [0, 0.05) is 7.11 Å². The molecule has 0 spiro atoms. The zero-order chi connectivity index (χ0) is 17.1. The molecule has 4 fully saturated rings. The van der Waals surface area contributed by atoms with Gasteiger partial charge in [0.1, 0.15) is 0 Å². The van der Waals surface area contributed by atoms with E-state index in [1.165, 1.54) is 38.5 Å². The van der Waals surface area contributed by atoms with E-state index in [0.717, 1.165) is 30.6 Å². The van der Waals surface area contributed by atoms with Gasteiger partial charge >= 0.3 is 0 Å². The normalized spacial score (nSPS) is 54.9. The maximum atomic E-state index is 10.9. The molecule has 2 N–H and O–H groups in total. The van der Waals surface area contributed by atoms with E-state index in [2.05, 4.69) is 6.92 Å². The predicted octanol–water partition coefficient (Wildman–Crippen LogP) is 3.62. The van der Waals surface area contributed by atoms with Gasteiger partial charge in [0.2, 0.25) is 0 Å². The van der Waals surface area contributed by atoms with Crippen LogP contribution in [0.25, 0.3) is 0 Å². The fraction of sp³-hybridized carbons (Fsp3) is 1.00. The molecular formula is C21H36O3. The number of methoxy groups -OCH3 is 1. The molecule has 4 aliphatic carbocycles. The van der Waals surface area contributed by atoms with Crippen LogP contribution < -0.4 is 0 Å². The number of fused-ring (bicyclic) bond motifs is 5. The Kier molecular flexibility index (Phi) is 4.29. The lowest BCUT2D eigenvalue weighted by atomic mass is 9.51. The molecule has 0 aromatic heterocycles. The quantitative estimate of drug-likeness (QED) is 0.827. The number of hydrogen-bond donors (Lipinski definition) is 2. The Bertz CT molecular complexity index is 478. The second-order valence-electron chi connectivity index (χ2n) is 9.97. The molecule has 3 nitrogen and oxygen atoms in total. The van der Waals surface area contributed by atoms with Crippen LogP contribution in [0.5, 0.6) is 0 Å². The summed E-state index contributed by atoms with van der Waals surface area (Å²) in [4.78, 5) is 0. The van der Waals surface area contributed by atoms with E-state index >= 15 is 0 Å². The van der Waals surface area contributed by atoms with Crippen LogP contribution in [0.15, 0.2) is 0 Å². The minimum absolute atomic E-state index is 0.161. The van der Waals surface area contributed by atoms with Crippen LogP contribution >= 0.6 is 0 Å². The molecule has 0 amide bonds. The fourth-order valence-electron chi connectivity index (χ4n) is 8.03. The van der Waals surface area contributed by atoms with Crippen LogP contribution in [-0.2, 0) is 4.74 Å². The molecule has 0 unspecified atom stereocenters. The van der Waals surface area contributed by atoms with E-state index < -0.39 is 5.60 Å². The van der Waals surface area contributed by atoms with Gasteiger partial charge in [-0.2, -0.15) is 0 Å². The van der Waals surface area contributed by atoms with Crippen molar-refractivity contribution in [2.45, 2.75) is 76.9 Å². The van der Waals surface area contributed by atoms with Crippen LogP contribution in [0.4, 0.5) is 0 Å². The molecule has 0 bridgehead atoms. The second-order valence-corrected chi connectivity index (χ2v) is 9.97. The minimum Gasteiger partial charge on any atom is -0.393 e. The summed E-state index contributed by atoms with van der Waals surface area (Å²) in [7, 11) is 1.71. The Morgan fingerprint density at radius 2 is 1.83 bits per heavy atom. The number of ether oxygens (including phenoxy) is 1. The van der Waals surface area contributed by atoms with Gasteiger partial charge in [0.15, 0.2) is 0 Å². The lowest BCUT2D eigenvalue weighted by Gasteiger charge is -2.54. The molecule has 0 aliphatic heterocycles. The first-order valence-electron chi connectivity index (χ1n) is 10.3. The molecule has 138 valence electrons. The van der Waals surface area contributed by atoms with Gasteiger partial charge in [0.05, 0.1) is 18.3 Å². The molecule has 0 heterocycles.